The molecule has 3 aliphatic carbocycles. The van der Waals surface area contributed by atoms with E-state index in [0.29, 0.717) is 6.42 Å². The molecule has 3 aromatic rings. The molecular weight excluding hydrogens is 440 g/mol. The molecule has 4 aliphatic rings. The van der Waals surface area contributed by atoms with E-state index >= 15 is 0 Å². The van der Waals surface area contributed by atoms with E-state index in [0.717, 1.165) is 27.2 Å². The minimum Gasteiger partial charge on any atom is -0.274 e. The van der Waals surface area contributed by atoms with Crippen molar-refractivity contribution in [3.8, 4) is 0 Å². The number of nitro groups is 1. The highest BCUT2D eigenvalue weighted by Crippen LogP contribution is 2.65. The summed E-state index contributed by atoms with van der Waals surface area (Å²) in [5.74, 6) is -2.28. The fourth-order valence-corrected chi connectivity index (χ4v) is 6.77. The third-order valence-electron chi connectivity index (χ3n) is 7.73. The Labute approximate surface area is 194 Å². The molecule has 33 heavy (non-hydrogen) atoms. The average molecular weight is 459 g/mol. The van der Waals surface area contributed by atoms with Crippen LogP contribution in [0.15, 0.2) is 66.7 Å². The first-order valence-electron chi connectivity index (χ1n) is 10.9. The Bertz CT molecular complexity index is 1340. The van der Waals surface area contributed by atoms with Crippen molar-refractivity contribution >= 4 is 34.8 Å². The second-order valence-corrected chi connectivity index (χ2v) is 9.32. The molecule has 1 fully saturated rings. The maximum Gasteiger partial charge on any atom is 0.294 e. The number of halogens is 1. The summed E-state index contributed by atoms with van der Waals surface area (Å²) in [7, 11) is 0. The van der Waals surface area contributed by atoms with Gasteiger partial charge in [0.2, 0.25) is 11.8 Å². The molecule has 0 saturated carbocycles. The van der Waals surface area contributed by atoms with E-state index in [4.69, 9.17) is 11.6 Å². The van der Waals surface area contributed by atoms with E-state index in [9.17, 15) is 19.7 Å². The van der Waals surface area contributed by atoms with Gasteiger partial charge in [0, 0.05) is 22.4 Å². The number of carbonyl (C=O) groups is 2. The molecule has 1 saturated heterocycles. The first-order valence-corrected chi connectivity index (χ1v) is 11.3. The molecular formula is C26H19ClN2O4. The zero-order valence-corrected chi connectivity index (χ0v) is 18.5. The molecule has 2 bridgehead atoms. The van der Waals surface area contributed by atoms with Crippen molar-refractivity contribution in [1.82, 2.24) is 0 Å². The van der Waals surface area contributed by atoms with Gasteiger partial charge in [0.25, 0.3) is 5.69 Å². The summed E-state index contributed by atoms with van der Waals surface area (Å²) in [4.78, 5) is 40.2. The van der Waals surface area contributed by atoms with Gasteiger partial charge < -0.3 is 0 Å². The second kappa shape index (κ2) is 6.75. The summed E-state index contributed by atoms with van der Waals surface area (Å²) in [5, 5.41) is 11.9. The molecule has 3 aromatic carbocycles. The number of imide groups is 1. The van der Waals surface area contributed by atoms with Crippen LogP contribution in [-0.4, -0.2) is 16.7 Å². The van der Waals surface area contributed by atoms with Crippen molar-refractivity contribution in [3.63, 3.8) is 0 Å². The third-order valence-corrected chi connectivity index (χ3v) is 7.96. The maximum absolute atomic E-state index is 14.0. The Balaban J connectivity index is 1.63. The summed E-state index contributed by atoms with van der Waals surface area (Å²) in [5.41, 5.74) is 3.23. The van der Waals surface area contributed by atoms with Gasteiger partial charge in [-0.15, -0.1) is 0 Å². The van der Waals surface area contributed by atoms with Crippen LogP contribution < -0.4 is 4.90 Å². The van der Waals surface area contributed by atoms with Gasteiger partial charge in [-0.1, -0.05) is 67.1 Å². The van der Waals surface area contributed by atoms with Crippen LogP contribution in [-0.2, 0) is 15.0 Å². The minimum absolute atomic E-state index is 0.0208. The Morgan fingerprint density at radius 1 is 0.970 bits per heavy atom. The molecule has 2 atom stereocenters. The van der Waals surface area contributed by atoms with Crippen LogP contribution in [0.3, 0.4) is 0 Å². The van der Waals surface area contributed by atoms with Crippen molar-refractivity contribution in [3.05, 3.63) is 104 Å². The monoisotopic (exact) mass is 458 g/mol. The molecule has 0 N–H and O–H groups in total. The largest absolute Gasteiger partial charge is 0.294 e. The Morgan fingerprint density at radius 2 is 1.58 bits per heavy atom. The van der Waals surface area contributed by atoms with E-state index in [-0.39, 0.29) is 34.1 Å². The highest BCUT2D eigenvalue weighted by molar-refractivity contribution is 6.31. The fourth-order valence-electron chi connectivity index (χ4n) is 6.60. The van der Waals surface area contributed by atoms with E-state index in [1.807, 2.05) is 43.3 Å². The molecule has 0 radical (unpaired) electrons. The van der Waals surface area contributed by atoms with Crippen molar-refractivity contribution in [2.24, 2.45) is 11.8 Å². The number of nitro benzene ring substituents is 1. The summed E-state index contributed by atoms with van der Waals surface area (Å²) < 4.78 is 0. The summed E-state index contributed by atoms with van der Waals surface area (Å²) in [6, 6.07) is 20.1. The van der Waals surface area contributed by atoms with Gasteiger partial charge in [-0.3, -0.25) is 19.7 Å². The minimum atomic E-state index is -0.671. The van der Waals surface area contributed by atoms with E-state index in [1.54, 1.807) is 0 Å². The van der Waals surface area contributed by atoms with Crippen LogP contribution in [0, 0.1) is 22.0 Å². The van der Waals surface area contributed by atoms with Crippen LogP contribution in [0.2, 0.25) is 5.02 Å². The SMILES string of the molecule is CCC12c3ccccc3C(c3ccccc31)[C@H]1C(=O)N(c3ccc(Cl)cc3[N+](=O)[O-])C(=O)[C@H]12. The van der Waals surface area contributed by atoms with Gasteiger partial charge in [0.1, 0.15) is 5.69 Å². The van der Waals surface area contributed by atoms with E-state index < -0.39 is 22.2 Å². The number of nitrogens with zero attached hydrogens (tertiary/aromatic N) is 2. The highest BCUT2D eigenvalue weighted by atomic mass is 35.5. The molecule has 0 unspecified atom stereocenters. The van der Waals surface area contributed by atoms with Gasteiger partial charge >= 0.3 is 0 Å². The number of anilines is 1. The number of benzene rings is 3. The van der Waals surface area contributed by atoms with Gasteiger partial charge in [0.05, 0.1) is 16.8 Å². The summed E-state index contributed by atoms with van der Waals surface area (Å²) in [6.07, 6.45) is 0.629. The van der Waals surface area contributed by atoms with Crippen LogP contribution in [0.1, 0.15) is 41.5 Å². The molecule has 164 valence electrons. The number of carbonyl (C=O) groups excluding carboxylic acids is 2. The Kier molecular flexibility index (Phi) is 4.11. The van der Waals surface area contributed by atoms with Gasteiger partial charge in [0.15, 0.2) is 0 Å². The normalized spacial score (nSPS) is 26.7. The predicted octanol–water partition coefficient (Wildman–Crippen LogP) is 5.21. The molecule has 1 aliphatic heterocycles. The fraction of sp³-hybridized carbons (Fsp3) is 0.231. The van der Waals surface area contributed by atoms with Gasteiger partial charge in [-0.05, 0) is 40.8 Å². The predicted molar refractivity (Wildman–Crippen MR) is 123 cm³/mol. The van der Waals surface area contributed by atoms with Crippen LogP contribution in [0.5, 0.6) is 0 Å². The van der Waals surface area contributed by atoms with Crippen molar-refractivity contribution in [1.29, 1.82) is 0 Å². The zero-order valence-electron chi connectivity index (χ0n) is 17.7. The molecule has 0 aromatic heterocycles. The van der Waals surface area contributed by atoms with Crippen molar-refractivity contribution in [2.45, 2.75) is 24.7 Å². The number of rotatable bonds is 3. The first-order chi connectivity index (χ1) is 15.9. The van der Waals surface area contributed by atoms with E-state index in [1.165, 1.54) is 18.2 Å². The van der Waals surface area contributed by atoms with Crippen LogP contribution in [0.25, 0.3) is 0 Å². The number of amides is 2. The lowest BCUT2D eigenvalue weighted by Gasteiger charge is -2.54. The molecule has 7 heteroatoms. The molecule has 0 spiro atoms. The molecule has 2 amide bonds. The highest BCUT2D eigenvalue weighted by Gasteiger charge is 2.67. The van der Waals surface area contributed by atoms with Crippen molar-refractivity contribution in [2.75, 3.05) is 4.90 Å². The lowest BCUT2D eigenvalue weighted by Crippen LogP contribution is -2.53. The number of hydrogen-bond donors (Lipinski definition) is 0. The lowest BCUT2D eigenvalue weighted by atomic mass is 9.46. The molecule has 7 rings (SSSR count). The quantitative estimate of drug-likeness (QED) is 0.306. The topological polar surface area (TPSA) is 80.5 Å². The Morgan fingerprint density at radius 3 is 2.15 bits per heavy atom. The Hall–Kier alpha value is -3.51. The maximum atomic E-state index is 14.0. The second-order valence-electron chi connectivity index (χ2n) is 8.88. The zero-order chi connectivity index (χ0) is 23.1. The summed E-state index contributed by atoms with van der Waals surface area (Å²) in [6.45, 7) is 2.04. The molecule has 1 heterocycles. The van der Waals surface area contributed by atoms with Gasteiger partial charge in [-0.2, -0.15) is 0 Å². The third kappa shape index (κ3) is 2.34. The average Bonchev–Trinajstić information content (AvgIpc) is 3.10. The first kappa shape index (κ1) is 20.1. The van der Waals surface area contributed by atoms with Crippen LogP contribution in [0.4, 0.5) is 11.4 Å². The van der Waals surface area contributed by atoms with Crippen molar-refractivity contribution < 1.29 is 14.5 Å². The smallest absolute Gasteiger partial charge is 0.274 e. The summed E-state index contributed by atoms with van der Waals surface area (Å²) >= 11 is 5.99. The standard InChI is InChI=1S/C26H19ClN2O4/c1-2-26-17-9-5-3-7-15(17)21(16-8-4-6-10-18(16)26)22-23(26)25(31)28(24(22)30)19-12-11-14(27)13-20(19)29(32)33/h3-13,21-23H,2H2,1H3/t21?,22-,23+,26?/m1/s1. The van der Waals surface area contributed by atoms with E-state index in [2.05, 4.69) is 12.1 Å². The lowest BCUT2D eigenvalue weighted by molar-refractivity contribution is -0.384. The number of hydrogen-bond acceptors (Lipinski definition) is 4. The molecule has 6 nitrogen and oxygen atoms in total. The van der Waals surface area contributed by atoms with Crippen LogP contribution >= 0.6 is 11.6 Å². The van der Waals surface area contributed by atoms with Gasteiger partial charge in [-0.25, -0.2) is 4.90 Å².